The van der Waals surface area contributed by atoms with Crippen LogP contribution in [0.2, 0.25) is 0 Å². The number of urea groups is 1. The van der Waals surface area contributed by atoms with Gasteiger partial charge in [0, 0.05) is 10.7 Å². The van der Waals surface area contributed by atoms with E-state index in [4.69, 9.17) is 5.11 Å². The monoisotopic (exact) mass is 353 g/mol. The zero-order valence-corrected chi connectivity index (χ0v) is 12.0. The van der Waals surface area contributed by atoms with Crippen LogP contribution in [0, 0.1) is 5.82 Å². The fraction of sp³-hybridized carbons (Fsp3) is 0. The number of amides is 2. The molecular formula is C13H9BrFN3O3. The molecule has 1 heterocycles. The van der Waals surface area contributed by atoms with E-state index in [2.05, 4.69) is 31.5 Å². The summed E-state index contributed by atoms with van der Waals surface area (Å²) in [6.45, 7) is 0. The molecule has 2 amide bonds. The van der Waals surface area contributed by atoms with Crippen molar-refractivity contribution in [2.24, 2.45) is 0 Å². The normalized spacial score (nSPS) is 10.0. The van der Waals surface area contributed by atoms with Gasteiger partial charge in [0.05, 0.1) is 23.1 Å². The Hall–Kier alpha value is -2.48. The van der Waals surface area contributed by atoms with Gasteiger partial charge in [-0.25, -0.2) is 14.0 Å². The van der Waals surface area contributed by atoms with E-state index in [-0.39, 0.29) is 11.3 Å². The summed E-state index contributed by atoms with van der Waals surface area (Å²) < 4.78 is 13.3. The predicted octanol–water partition coefficient (Wildman–Crippen LogP) is 3.33. The van der Waals surface area contributed by atoms with Crippen molar-refractivity contribution >= 4 is 39.3 Å². The maximum absolute atomic E-state index is 12.9. The lowest BCUT2D eigenvalue weighted by molar-refractivity contribution is 0.0696. The molecule has 2 rings (SSSR count). The average molecular weight is 354 g/mol. The van der Waals surface area contributed by atoms with Crippen LogP contribution >= 0.6 is 15.9 Å². The van der Waals surface area contributed by atoms with Gasteiger partial charge in [0.25, 0.3) is 0 Å². The van der Waals surface area contributed by atoms with E-state index in [1.54, 1.807) is 0 Å². The second-order valence-corrected chi connectivity index (χ2v) is 4.83. The number of halogens is 2. The fourth-order valence-electron chi connectivity index (χ4n) is 1.50. The second kappa shape index (κ2) is 6.31. The molecule has 0 unspecified atom stereocenters. The third-order valence-electron chi connectivity index (χ3n) is 2.42. The van der Waals surface area contributed by atoms with Gasteiger partial charge < -0.3 is 15.7 Å². The summed E-state index contributed by atoms with van der Waals surface area (Å²) in [7, 11) is 0. The molecule has 2 aromatic rings. The van der Waals surface area contributed by atoms with Crippen LogP contribution in [0.3, 0.4) is 0 Å². The Kier molecular flexibility index (Phi) is 4.49. The number of hydrogen-bond acceptors (Lipinski definition) is 3. The van der Waals surface area contributed by atoms with Crippen LogP contribution in [-0.4, -0.2) is 22.1 Å². The topological polar surface area (TPSA) is 91.3 Å². The zero-order valence-electron chi connectivity index (χ0n) is 10.4. The maximum Gasteiger partial charge on any atom is 0.337 e. The molecule has 0 bridgehead atoms. The smallest absolute Gasteiger partial charge is 0.337 e. The SMILES string of the molecule is O=C(Nc1cncc(C(=O)O)c1)Nc1ccc(F)cc1Br. The van der Waals surface area contributed by atoms with Crippen LogP contribution in [-0.2, 0) is 0 Å². The minimum atomic E-state index is -1.15. The fourth-order valence-corrected chi connectivity index (χ4v) is 1.95. The highest BCUT2D eigenvalue weighted by Crippen LogP contribution is 2.23. The lowest BCUT2D eigenvalue weighted by Gasteiger charge is -2.09. The van der Waals surface area contributed by atoms with Crippen molar-refractivity contribution in [3.63, 3.8) is 0 Å². The van der Waals surface area contributed by atoms with Gasteiger partial charge in [-0.15, -0.1) is 0 Å². The van der Waals surface area contributed by atoms with E-state index in [0.717, 1.165) is 0 Å². The van der Waals surface area contributed by atoms with Crippen molar-refractivity contribution in [1.29, 1.82) is 0 Å². The highest BCUT2D eigenvalue weighted by Gasteiger charge is 2.09. The summed E-state index contributed by atoms with van der Waals surface area (Å²) in [6, 6.07) is 4.47. The lowest BCUT2D eigenvalue weighted by atomic mass is 10.2. The molecule has 0 radical (unpaired) electrons. The van der Waals surface area contributed by atoms with E-state index in [1.165, 1.54) is 36.7 Å². The molecule has 0 aliphatic carbocycles. The van der Waals surface area contributed by atoms with Crippen molar-refractivity contribution in [2.75, 3.05) is 10.6 Å². The predicted molar refractivity (Wildman–Crippen MR) is 77.9 cm³/mol. The number of nitrogens with one attached hydrogen (secondary N) is 2. The Morgan fingerprint density at radius 1 is 1.19 bits per heavy atom. The molecule has 3 N–H and O–H groups in total. The maximum atomic E-state index is 12.9. The molecule has 0 atom stereocenters. The van der Waals surface area contributed by atoms with Crippen LogP contribution in [0.15, 0.2) is 41.1 Å². The largest absolute Gasteiger partial charge is 0.478 e. The first-order valence-corrected chi connectivity index (χ1v) is 6.46. The van der Waals surface area contributed by atoms with Crippen LogP contribution in [0.25, 0.3) is 0 Å². The van der Waals surface area contributed by atoms with Crippen molar-refractivity contribution in [3.05, 3.63) is 52.5 Å². The van der Waals surface area contributed by atoms with Crippen LogP contribution < -0.4 is 10.6 Å². The number of rotatable bonds is 3. The van der Waals surface area contributed by atoms with E-state index in [9.17, 15) is 14.0 Å². The van der Waals surface area contributed by atoms with Gasteiger partial charge in [-0.3, -0.25) is 4.98 Å². The molecule has 0 saturated carbocycles. The number of nitrogens with zero attached hydrogens (tertiary/aromatic N) is 1. The number of carboxylic acid groups (broad SMARTS) is 1. The summed E-state index contributed by atoms with van der Waals surface area (Å²) in [6.07, 6.45) is 2.48. The van der Waals surface area contributed by atoms with E-state index >= 15 is 0 Å². The molecule has 1 aromatic carbocycles. The van der Waals surface area contributed by atoms with Crippen molar-refractivity contribution < 1.29 is 19.1 Å². The number of carbonyl (C=O) groups is 2. The minimum Gasteiger partial charge on any atom is -0.478 e. The molecule has 8 heteroatoms. The summed E-state index contributed by atoms with van der Waals surface area (Å²) in [5.41, 5.74) is 0.553. The standard InChI is InChI=1S/C13H9BrFN3O3/c14-10-4-8(15)1-2-11(10)18-13(21)17-9-3-7(12(19)20)5-16-6-9/h1-6H,(H,19,20)(H2,17,18,21). The van der Waals surface area contributed by atoms with Gasteiger partial charge in [-0.2, -0.15) is 0 Å². The summed E-state index contributed by atoms with van der Waals surface area (Å²) in [5, 5.41) is 13.8. The molecule has 0 spiro atoms. The molecule has 0 aliphatic rings. The average Bonchev–Trinajstić information content (AvgIpc) is 2.42. The van der Waals surface area contributed by atoms with Gasteiger partial charge in [0.2, 0.25) is 0 Å². The molecule has 1 aromatic heterocycles. The number of aromatic nitrogens is 1. The third-order valence-corrected chi connectivity index (χ3v) is 3.08. The van der Waals surface area contributed by atoms with Gasteiger partial charge >= 0.3 is 12.0 Å². The van der Waals surface area contributed by atoms with Crippen molar-refractivity contribution in [2.45, 2.75) is 0 Å². The number of benzene rings is 1. The molecular weight excluding hydrogens is 345 g/mol. The van der Waals surface area contributed by atoms with Gasteiger partial charge in [-0.1, -0.05) is 0 Å². The summed E-state index contributed by atoms with van der Waals surface area (Å²) >= 11 is 3.12. The minimum absolute atomic E-state index is 0.0456. The summed E-state index contributed by atoms with van der Waals surface area (Å²) in [4.78, 5) is 26.3. The van der Waals surface area contributed by atoms with Gasteiger partial charge in [0.1, 0.15) is 5.82 Å². The zero-order chi connectivity index (χ0) is 15.4. The quantitative estimate of drug-likeness (QED) is 0.789. The Morgan fingerprint density at radius 2 is 1.95 bits per heavy atom. The van der Waals surface area contributed by atoms with Crippen molar-refractivity contribution in [3.8, 4) is 0 Å². The Balaban J connectivity index is 2.08. The van der Waals surface area contributed by atoms with Crippen LogP contribution in [0.1, 0.15) is 10.4 Å². The number of carbonyl (C=O) groups excluding carboxylic acids is 1. The van der Waals surface area contributed by atoms with E-state index < -0.39 is 17.8 Å². The number of pyridine rings is 1. The Labute approximate surface area is 127 Å². The van der Waals surface area contributed by atoms with Crippen LogP contribution in [0.5, 0.6) is 0 Å². The van der Waals surface area contributed by atoms with Gasteiger partial charge in [-0.05, 0) is 40.2 Å². The number of carboxylic acids is 1. The second-order valence-electron chi connectivity index (χ2n) is 3.97. The Bertz CT molecular complexity index is 709. The number of hydrogen-bond donors (Lipinski definition) is 3. The molecule has 6 nitrogen and oxygen atoms in total. The van der Waals surface area contributed by atoms with E-state index in [1.807, 2.05) is 0 Å². The highest BCUT2D eigenvalue weighted by molar-refractivity contribution is 9.10. The van der Waals surface area contributed by atoms with Crippen molar-refractivity contribution in [1.82, 2.24) is 4.98 Å². The van der Waals surface area contributed by atoms with E-state index in [0.29, 0.717) is 10.2 Å². The molecule has 108 valence electrons. The number of anilines is 2. The first-order chi connectivity index (χ1) is 9.95. The van der Waals surface area contributed by atoms with Gasteiger partial charge in [0.15, 0.2) is 0 Å². The van der Waals surface area contributed by atoms with Crippen LogP contribution in [0.4, 0.5) is 20.6 Å². The highest BCUT2D eigenvalue weighted by atomic mass is 79.9. The molecule has 0 aliphatic heterocycles. The first kappa shape index (κ1) is 14.9. The third kappa shape index (κ3) is 3.99. The molecule has 0 fully saturated rings. The summed E-state index contributed by atoms with van der Waals surface area (Å²) in [5.74, 6) is -1.58. The first-order valence-electron chi connectivity index (χ1n) is 5.67. The molecule has 21 heavy (non-hydrogen) atoms. The lowest BCUT2D eigenvalue weighted by Crippen LogP contribution is -2.20. The molecule has 0 saturated heterocycles. The Morgan fingerprint density at radius 3 is 2.62 bits per heavy atom. The number of aromatic carboxylic acids is 1.